The second kappa shape index (κ2) is 8.67. The molecule has 23 heavy (non-hydrogen) atoms. The molecule has 0 saturated heterocycles. The van der Waals surface area contributed by atoms with Crippen LogP contribution in [-0.4, -0.2) is 6.54 Å². The van der Waals surface area contributed by atoms with Crippen LogP contribution in [0.3, 0.4) is 0 Å². The molecule has 5 heteroatoms. The van der Waals surface area contributed by atoms with Crippen molar-refractivity contribution in [3.8, 4) is 5.75 Å². The van der Waals surface area contributed by atoms with Crippen molar-refractivity contribution in [2.75, 3.05) is 6.54 Å². The Morgan fingerprint density at radius 1 is 1.17 bits per heavy atom. The van der Waals surface area contributed by atoms with Crippen LogP contribution in [0.25, 0.3) is 0 Å². The fraction of sp³-hybridized carbons (Fsp3) is 0.333. The van der Waals surface area contributed by atoms with Crippen LogP contribution in [0.2, 0.25) is 5.02 Å². The lowest BCUT2D eigenvalue weighted by molar-refractivity contribution is 0.302. The third-order valence-corrected chi connectivity index (χ3v) is 4.13. The van der Waals surface area contributed by atoms with E-state index in [0.717, 1.165) is 34.4 Å². The predicted molar refractivity (Wildman–Crippen MR) is 96.4 cm³/mol. The molecule has 124 valence electrons. The first-order valence-corrected chi connectivity index (χ1v) is 8.68. The summed E-state index contributed by atoms with van der Waals surface area (Å²) in [4.78, 5) is 0. The molecule has 0 spiro atoms. The molecule has 0 aromatic heterocycles. The van der Waals surface area contributed by atoms with E-state index in [-0.39, 0.29) is 5.82 Å². The van der Waals surface area contributed by atoms with E-state index >= 15 is 0 Å². The average molecular weight is 401 g/mol. The molecule has 2 aromatic rings. The second-order valence-electron chi connectivity index (χ2n) is 5.80. The molecule has 0 aliphatic carbocycles. The van der Waals surface area contributed by atoms with E-state index < -0.39 is 0 Å². The molecular formula is C18H20BrClFNO. The SMILES string of the molecule is CC(C)CNCc1cc(Br)ccc1OCc1ccc(F)cc1Cl. The third kappa shape index (κ3) is 5.79. The van der Waals surface area contributed by atoms with Gasteiger partial charge in [-0.1, -0.05) is 47.4 Å². The standard InChI is InChI=1S/C18H20BrClFNO/c1-12(2)9-22-10-14-7-15(19)4-6-18(14)23-11-13-3-5-16(21)8-17(13)20/h3-8,12,22H,9-11H2,1-2H3. The second-order valence-corrected chi connectivity index (χ2v) is 7.12. The zero-order valence-corrected chi connectivity index (χ0v) is 15.5. The molecule has 0 aliphatic rings. The van der Waals surface area contributed by atoms with Crippen LogP contribution in [0.15, 0.2) is 40.9 Å². The van der Waals surface area contributed by atoms with Crippen molar-refractivity contribution in [2.45, 2.75) is 27.0 Å². The Hall–Kier alpha value is -1.10. The summed E-state index contributed by atoms with van der Waals surface area (Å²) in [5, 5.41) is 3.79. The summed E-state index contributed by atoms with van der Waals surface area (Å²) < 4.78 is 20.0. The minimum atomic E-state index is -0.346. The van der Waals surface area contributed by atoms with Gasteiger partial charge in [-0.25, -0.2) is 4.39 Å². The van der Waals surface area contributed by atoms with Gasteiger partial charge in [-0.15, -0.1) is 0 Å². The van der Waals surface area contributed by atoms with Gasteiger partial charge >= 0.3 is 0 Å². The van der Waals surface area contributed by atoms with Gasteiger partial charge in [0.1, 0.15) is 18.2 Å². The normalized spacial score (nSPS) is 11.0. The maximum absolute atomic E-state index is 13.1. The molecule has 2 aromatic carbocycles. The number of hydrogen-bond acceptors (Lipinski definition) is 2. The first-order chi connectivity index (χ1) is 11.0. The summed E-state index contributed by atoms with van der Waals surface area (Å²) in [6.07, 6.45) is 0. The molecule has 0 heterocycles. The highest BCUT2D eigenvalue weighted by Crippen LogP contribution is 2.25. The summed E-state index contributed by atoms with van der Waals surface area (Å²) in [6.45, 7) is 6.31. The van der Waals surface area contributed by atoms with Crippen LogP contribution in [-0.2, 0) is 13.2 Å². The Bertz CT molecular complexity index is 663. The minimum absolute atomic E-state index is 0.303. The summed E-state index contributed by atoms with van der Waals surface area (Å²) in [5.74, 6) is 1.04. The van der Waals surface area contributed by atoms with E-state index in [1.54, 1.807) is 6.07 Å². The van der Waals surface area contributed by atoms with Crippen LogP contribution in [0, 0.1) is 11.7 Å². The summed E-state index contributed by atoms with van der Waals surface area (Å²) in [5.41, 5.74) is 1.83. The summed E-state index contributed by atoms with van der Waals surface area (Å²) in [7, 11) is 0. The van der Waals surface area contributed by atoms with Crippen molar-refractivity contribution in [3.63, 3.8) is 0 Å². The fourth-order valence-electron chi connectivity index (χ4n) is 2.12. The van der Waals surface area contributed by atoms with Crippen molar-refractivity contribution in [3.05, 3.63) is 62.8 Å². The number of halogens is 3. The zero-order valence-electron chi connectivity index (χ0n) is 13.2. The highest BCUT2D eigenvalue weighted by atomic mass is 79.9. The first kappa shape index (κ1) is 18.2. The number of rotatable bonds is 7. The Balaban J connectivity index is 2.06. The number of benzene rings is 2. The van der Waals surface area contributed by atoms with Crippen molar-refractivity contribution < 1.29 is 9.13 Å². The third-order valence-electron chi connectivity index (χ3n) is 3.29. The Morgan fingerprint density at radius 2 is 1.96 bits per heavy atom. The fourth-order valence-corrected chi connectivity index (χ4v) is 2.75. The lowest BCUT2D eigenvalue weighted by atomic mass is 10.1. The lowest BCUT2D eigenvalue weighted by Gasteiger charge is -2.14. The van der Waals surface area contributed by atoms with Gasteiger partial charge in [-0.3, -0.25) is 0 Å². The van der Waals surface area contributed by atoms with E-state index in [9.17, 15) is 4.39 Å². The molecule has 0 amide bonds. The van der Waals surface area contributed by atoms with Crippen LogP contribution in [0.4, 0.5) is 4.39 Å². The molecule has 0 aliphatic heterocycles. The van der Waals surface area contributed by atoms with Gasteiger partial charge in [-0.2, -0.15) is 0 Å². The van der Waals surface area contributed by atoms with Crippen LogP contribution >= 0.6 is 27.5 Å². The maximum Gasteiger partial charge on any atom is 0.124 e. The molecule has 2 nitrogen and oxygen atoms in total. The summed E-state index contributed by atoms with van der Waals surface area (Å²) in [6, 6.07) is 10.2. The lowest BCUT2D eigenvalue weighted by Crippen LogP contribution is -2.19. The minimum Gasteiger partial charge on any atom is -0.489 e. The van der Waals surface area contributed by atoms with Gasteiger partial charge in [0.15, 0.2) is 0 Å². The van der Waals surface area contributed by atoms with Crippen molar-refractivity contribution in [1.29, 1.82) is 0 Å². The van der Waals surface area contributed by atoms with Crippen LogP contribution in [0.1, 0.15) is 25.0 Å². The topological polar surface area (TPSA) is 21.3 Å². The monoisotopic (exact) mass is 399 g/mol. The van der Waals surface area contributed by atoms with E-state index in [2.05, 4.69) is 35.1 Å². The Morgan fingerprint density at radius 3 is 2.65 bits per heavy atom. The molecule has 0 bridgehead atoms. The smallest absolute Gasteiger partial charge is 0.124 e. The predicted octanol–water partition coefficient (Wildman–Crippen LogP) is 5.57. The van der Waals surface area contributed by atoms with E-state index in [1.807, 2.05) is 18.2 Å². The molecule has 2 rings (SSSR count). The average Bonchev–Trinajstić information content (AvgIpc) is 2.47. The van der Waals surface area contributed by atoms with Crippen molar-refractivity contribution in [1.82, 2.24) is 5.32 Å². The first-order valence-electron chi connectivity index (χ1n) is 7.51. The maximum atomic E-state index is 13.1. The van der Waals surface area contributed by atoms with Crippen molar-refractivity contribution in [2.24, 2.45) is 5.92 Å². The molecule has 0 unspecified atom stereocenters. The largest absolute Gasteiger partial charge is 0.489 e. The van der Waals surface area contributed by atoms with Gasteiger partial charge in [-0.05, 0) is 42.8 Å². The highest BCUT2D eigenvalue weighted by Gasteiger charge is 2.08. The Kier molecular flexibility index (Phi) is 6.88. The van der Waals surface area contributed by atoms with Gasteiger partial charge in [0.05, 0.1) is 5.02 Å². The van der Waals surface area contributed by atoms with E-state index in [0.29, 0.717) is 17.5 Å². The van der Waals surface area contributed by atoms with Crippen molar-refractivity contribution >= 4 is 27.5 Å². The van der Waals surface area contributed by atoms with Gasteiger partial charge in [0, 0.05) is 22.1 Å². The molecule has 0 radical (unpaired) electrons. The molecule has 0 fully saturated rings. The Labute approximate surface area is 150 Å². The van der Waals surface area contributed by atoms with E-state index in [4.69, 9.17) is 16.3 Å². The van der Waals surface area contributed by atoms with Gasteiger partial charge in [0.2, 0.25) is 0 Å². The molecule has 0 atom stereocenters. The molecule has 1 N–H and O–H groups in total. The molecular weight excluding hydrogens is 381 g/mol. The number of ether oxygens (including phenoxy) is 1. The van der Waals surface area contributed by atoms with Crippen LogP contribution < -0.4 is 10.1 Å². The zero-order chi connectivity index (χ0) is 16.8. The summed E-state index contributed by atoms with van der Waals surface area (Å²) >= 11 is 9.53. The number of hydrogen-bond donors (Lipinski definition) is 1. The number of nitrogens with one attached hydrogen (secondary N) is 1. The quantitative estimate of drug-likeness (QED) is 0.656. The van der Waals surface area contributed by atoms with E-state index in [1.165, 1.54) is 12.1 Å². The van der Waals surface area contributed by atoms with Crippen LogP contribution in [0.5, 0.6) is 5.75 Å². The van der Waals surface area contributed by atoms with Gasteiger partial charge in [0.25, 0.3) is 0 Å². The highest BCUT2D eigenvalue weighted by molar-refractivity contribution is 9.10. The molecule has 0 saturated carbocycles. The van der Waals surface area contributed by atoms with Gasteiger partial charge < -0.3 is 10.1 Å².